The predicted molar refractivity (Wildman–Crippen MR) is 73.4 cm³/mol. The first-order valence-corrected chi connectivity index (χ1v) is 6.36. The summed E-state index contributed by atoms with van der Waals surface area (Å²) >= 11 is 0. The lowest BCUT2D eigenvalue weighted by molar-refractivity contribution is -0.118. The maximum atomic E-state index is 11.7. The molecule has 1 heterocycles. The summed E-state index contributed by atoms with van der Waals surface area (Å²) < 4.78 is 0. The Labute approximate surface area is 107 Å². The van der Waals surface area contributed by atoms with Gasteiger partial charge < -0.3 is 5.73 Å². The SMILES string of the molecule is NCCCCC(=O)Cc1ccc2ccccc2n1. The van der Waals surface area contributed by atoms with Crippen LogP contribution >= 0.6 is 0 Å². The number of benzene rings is 1. The zero-order valence-electron chi connectivity index (χ0n) is 10.4. The molecule has 0 saturated carbocycles. The lowest BCUT2D eigenvalue weighted by atomic mass is 10.1. The van der Waals surface area contributed by atoms with E-state index in [1.54, 1.807) is 0 Å². The van der Waals surface area contributed by atoms with E-state index in [9.17, 15) is 4.79 Å². The highest BCUT2D eigenvalue weighted by Gasteiger charge is 2.05. The summed E-state index contributed by atoms with van der Waals surface area (Å²) in [7, 11) is 0. The molecular weight excluding hydrogens is 224 g/mol. The number of fused-ring (bicyclic) bond motifs is 1. The van der Waals surface area contributed by atoms with Crippen molar-refractivity contribution in [1.29, 1.82) is 0 Å². The molecule has 0 aliphatic rings. The molecule has 0 aliphatic heterocycles. The lowest BCUT2D eigenvalue weighted by Crippen LogP contribution is -2.06. The normalized spacial score (nSPS) is 10.7. The number of nitrogens with zero attached hydrogens (tertiary/aromatic N) is 1. The van der Waals surface area contributed by atoms with Gasteiger partial charge in [0.2, 0.25) is 0 Å². The first-order chi connectivity index (χ1) is 8.79. The fourth-order valence-corrected chi connectivity index (χ4v) is 1.96. The van der Waals surface area contributed by atoms with Gasteiger partial charge in [-0.25, -0.2) is 0 Å². The Morgan fingerprint density at radius 1 is 1.11 bits per heavy atom. The number of nitrogens with two attached hydrogens (primary N) is 1. The zero-order chi connectivity index (χ0) is 12.8. The van der Waals surface area contributed by atoms with Crippen molar-refractivity contribution >= 4 is 16.7 Å². The van der Waals surface area contributed by atoms with Crippen LogP contribution in [0.15, 0.2) is 36.4 Å². The highest BCUT2D eigenvalue weighted by molar-refractivity contribution is 5.82. The van der Waals surface area contributed by atoms with Gasteiger partial charge in [-0.05, 0) is 31.5 Å². The molecule has 2 rings (SSSR count). The van der Waals surface area contributed by atoms with Crippen molar-refractivity contribution in [3.05, 3.63) is 42.1 Å². The van der Waals surface area contributed by atoms with Crippen LogP contribution in [0.1, 0.15) is 25.0 Å². The molecule has 1 aromatic heterocycles. The number of hydrogen-bond acceptors (Lipinski definition) is 3. The molecule has 3 heteroatoms. The molecular formula is C15H18N2O. The van der Waals surface area contributed by atoms with Gasteiger partial charge in [0.25, 0.3) is 0 Å². The molecule has 18 heavy (non-hydrogen) atoms. The third-order valence-corrected chi connectivity index (χ3v) is 2.94. The smallest absolute Gasteiger partial charge is 0.138 e. The van der Waals surface area contributed by atoms with Gasteiger partial charge >= 0.3 is 0 Å². The maximum absolute atomic E-state index is 11.7. The predicted octanol–water partition coefficient (Wildman–Crippen LogP) is 2.48. The third-order valence-electron chi connectivity index (χ3n) is 2.94. The van der Waals surface area contributed by atoms with Crippen molar-refractivity contribution in [2.75, 3.05) is 6.54 Å². The molecule has 0 aliphatic carbocycles. The van der Waals surface area contributed by atoms with E-state index in [-0.39, 0.29) is 5.78 Å². The summed E-state index contributed by atoms with van der Waals surface area (Å²) in [4.78, 5) is 16.2. The minimum atomic E-state index is 0.242. The standard InChI is InChI=1S/C15H18N2O/c16-10-4-3-6-14(18)11-13-9-8-12-5-1-2-7-15(12)17-13/h1-2,5,7-9H,3-4,6,10-11,16H2. The van der Waals surface area contributed by atoms with Gasteiger partial charge in [0.1, 0.15) is 5.78 Å². The van der Waals surface area contributed by atoms with Gasteiger partial charge in [-0.1, -0.05) is 24.3 Å². The summed E-state index contributed by atoms with van der Waals surface area (Å²) in [6.07, 6.45) is 2.82. The van der Waals surface area contributed by atoms with E-state index < -0.39 is 0 Å². The van der Waals surface area contributed by atoms with Crippen molar-refractivity contribution in [2.24, 2.45) is 5.73 Å². The van der Waals surface area contributed by atoms with Crippen molar-refractivity contribution in [1.82, 2.24) is 4.98 Å². The van der Waals surface area contributed by atoms with E-state index in [1.165, 1.54) is 0 Å². The third kappa shape index (κ3) is 3.37. The molecule has 0 saturated heterocycles. The van der Waals surface area contributed by atoms with Crippen LogP contribution in [0, 0.1) is 0 Å². The molecule has 94 valence electrons. The molecule has 1 aromatic carbocycles. The van der Waals surface area contributed by atoms with E-state index in [1.807, 2.05) is 36.4 Å². The van der Waals surface area contributed by atoms with E-state index in [2.05, 4.69) is 4.98 Å². The Morgan fingerprint density at radius 3 is 2.78 bits per heavy atom. The second kappa shape index (κ2) is 6.26. The van der Waals surface area contributed by atoms with Gasteiger partial charge in [-0.15, -0.1) is 0 Å². The molecule has 0 amide bonds. The van der Waals surface area contributed by atoms with Crippen LogP contribution in [0.4, 0.5) is 0 Å². The Hall–Kier alpha value is -1.74. The molecule has 2 aromatic rings. The van der Waals surface area contributed by atoms with Crippen LogP contribution < -0.4 is 5.73 Å². The highest BCUT2D eigenvalue weighted by Crippen LogP contribution is 2.12. The number of Topliss-reactive ketones (excluding diaryl/α,β-unsaturated/α-hetero) is 1. The van der Waals surface area contributed by atoms with E-state index in [4.69, 9.17) is 5.73 Å². The number of ketones is 1. The first kappa shape index (κ1) is 12.7. The molecule has 0 unspecified atom stereocenters. The van der Waals surface area contributed by atoms with Gasteiger partial charge in [0, 0.05) is 23.9 Å². The second-order valence-electron chi connectivity index (χ2n) is 4.46. The average Bonchev–Trinajstić information content (AvgIpc) is 2.39. The van der Waals surface area contributed by atoms with Gasteiger partial charge in [0.15, 0.2) is 0 Å². The number of para-hydroxylation sites is 1. The number of pyridine rings is 1. The molecule has 2 N–H and O–H groups in total. The monoisotopic (exact) mass is 242 g/mol. The van der Waals surface area contributed by atoms with Crippen LogP contribution in [0.25, 0.3) is 10.9 Å². The van der Waals surface area contributed by atoms with Gasteiger partial charge in [0.05, 0.1) is 5.52 Å². The first-order valence-electron chi connectivity index (χ1n) is 6.36. The van der Waals surface area contributed by atoms with Crippen molar-refractivity contribution < 1.29 is 4.79 Å². The Balaban J connectivity index is 2.01. The largest absolute Gasteiger partial charge is 0.330 e. The molecule has 0 radical (unpaired) electrons. The molecule has 0 atom stereocenters. The van der Waals surface area contributed by atoms with Crippen LogP contribution in [-0.4, -0.2) is 17.3 Å². The zero-order valence-corrected chi connectivity index (χ0v) is 10.4. The molecule has 0 bridgehead atoms. The average molecular weight is 242 g/mol. The van der Waals surface area contributed by atoms with Crippen LogP contribution in [0.5, 0.6) is 0 Å². The molecule has 0 fully saturated rings. The fraction of sp³-hybridized carbons (Fsp3) is 0.333. The van der Waals surface area contributed by atoms with Crippen LogP contribution in [0.3, 0.4) is 0 Å². The van der Waals surface area contributed by atoms with Crippen LogP contribution in [0.2, 0.25) is 0 Å². The Kier molecular flexibility index (Phi) is 4.42. The number of carbonyl (C=O) groups excluding carboxylic acids is 1. The van der Waals surface area contributed by atoms with Crippen LogP contribution in [-0.2, 0) is 11.2 Å². The Bertz CT molecular complexity index is 537. The number of hydrogen-bond donors (Lipinski definition) is 1. The van der Waals surface area contributed by atoms with E-state index in [0.717, 1.165) is 29.4 Å². The maximum Gasteiger partial charge on any atom is 0.138 e. The summed E-state index contributed by atoms with van der Waals surface area (Å²) in [5.74, 6) is 0.242. The fourth-order valence-electron chi connectivity index (χ4n) is 1.96. The molecule has 3 nitrogen and oxygen atoms in total. The summed E-state index contributed by atoms with van der Waals surface area (Å²) in [5.41, 5.74) is 7.21. The summed E-state index contributed by atoms with van der Waals surface area (Å²) in [6.45, 7) is 0.654. The minimum absolute atomic E-state index is 0.242. The van der Waals surface area contributed by atoms with E-state index in [0.29, 0.717) is 19.4 Å². The summed E-state index contributed by atoms with van der Waals surface area (Å²) in [6, 6.07) is 11.9. The number of rotatable bonds is 6. The number of unbranched alkanes of at least 4 members (excludes halogenated alkanes) is 1. The van der Waals surface area contributed by atoms with Crippen molar-refractivity contribution in [2.45, 2.75) is 25.7 Å². The summed E-state index contributed by atoms with van der Waals surface area (Å²) in [5, 5.41) is 1.11. The lowest BCUT2D eigenvalue weighted by Gasteiger charge is -2.02. The quantitative estimate of drug-likeness (QED) is 0.792. The van der Waals surface area contributed by atoms with E-state index >= 15 is 0 Å². The Morgan fingerprint density at radius 2 is 1.94 bits per heavy atom. The number of carbonyl (C=O) groups is 1. The van der Waals surface area contributed by atoms with Gasteiger partial charge in [-0.3, -0.25) is 9.78 Å². The van der Waals surface area contributed by atoms with Crippen molar-refractivity contribution in [3.8, 4) is 0 Å². The molecule has 0 spiro atoms. The van der Waals surface area contributed by atoms with Gasteiger partial charge in [-0.2, -0.15) is 0 Å². The second-order valence-corrected chi connectivity index (χ2v) is 4.46. The number of aromatic nitrogens is 1. The minimum Gasteiger partial charge on any atom is -0.330 e. The topological polar surface area (TPSA) is 56.0 Å². The van der Waals surface area contributed by atoms with Crippen molar-refractivity contribution in [3.63, 3.8) is 0 Å². The highest BCUT2D eigenvalue weighted by atomic mass is 16.1.